The summed E-state index contributed by atoms with van der Waals surface area (Å²) in [6.07, 6.45) is 0. The predicted octanol–water partition coefficient (Wildman–Crippen LogP) is 4.02. The molecular weight excluding hydrogens is 386 g/mol. The number of hydrogen-bond donors (Lipinski definition) is 1. The molecule has 8 heteroatoms. The monoisotopic (exact) mass is 411 g/mol. The second-order valence-electron chi connectivity index (χ2n) is 6.20. The topological polar surface area (TPSA) is 95.6 Å². The number of aromatic amines is 1. The number of benzene rings is 2. The summed E-state index contributed by atoms with van der Waals surface area (Å²) in [6, 6.07) is 13.0. The first-order chi connectivity index (χ1) is 14.7. The molecule has 158 valence electrons. The smallest absolute Gasteiger partial charge is 0.361 e. The lowest BCUT2D eigenvalue weighted by Gasteiger charge is -2.13. The zero-order valence-electron chi connectivity index (χ0n) is 17.3. The van der Waals surface area contributed by atoms with Gasteiger partial charge in [-0.05, 0) is 50.6 Å². The zero-order valence-corrected chi connectivity index (χ0v) is 17.3. The van der Waals surface area contributed by atoms with Gasteiger partial charge in [0.2, 0.25) is 0 Å². The van der Waals surface area contributed by atoms with Crippen LogP contribution in [0.4, 0.5) is 0 Å². The van der Waals surface area contributed by atoms with Crippen LogP contribution in [-0.4, -0.2) is 41.2 Å². The van der Waals surface area contributed by atoms with Crippen molar-refractivity contribution in [3.63, 3.8) is 0 Å². The summed E-state index contributed by atoms with van der Waals surface area (Å²) in [5, 5.41) is 10.5. The van der Waals surface area contributed by atoms with Gasteiger partial charge in [-0.1, -0.05) is 18.2 Å². The van der Waals surface area contributed by atoms with Crippen LogP contribution in [0, 0.1) is 0 Å². The Morgan fingerprint density at radius 1 is 0.900 bits per heavy atom. The Morgan fingerprint density at radius 3 is 2.47 bits per heavy atom. The van der Waals surface area contributed by atoms with E-state index >= 15 is 0 Å². The Balaban J connectivity index is 1.75. The third kappa shape index (κ3) is 5.08. The summed E-state index contributed by atoms with van der Waals surface area (Å²) in [5.41, 5.74) is 2.20. The van der Waals surface area contributed by atoms with Crippen LogP contribution >= 0.6 is 0 Å². The molecule has 0 saturated heterocycles. The Hall–Kier alpha value is -3.55. The molecule has 0 saturated carbocycles. The number of ether oxygens (including phenoxy) is 4. The molecule has 0 aliphatic rings. The maximum absolute atomic E-state index is 12.1. The van der Waals surface area contributed by atoms with Gasteiger partial charge in [0, 0.05) is 5.56 Å². The Morgan fingerprint density at radius 2 is 1.70 bits per heavy atom. The molecular formula is C22H25N3O5. The highest BCUT2D eigenvalue weighted by molar-refractivity contribution is 5.93. The van der Waals surface area contributed by atoms with Crippen LogP contribution in [0.1, 0.15) is 36.8 Å². The summed E-state index contributed by atoms with van der Waals surface area (Å²) < 4.78 is 22.2. The minimum atomic E-state index is -0.523. The molecule has 2 aromatic carbocycles. The predicted molar refractivity (Wildman–Crippen MR) is 111 cm³/mol. The van der Waals surface area contributed by atoms with Crippen LogP contribution in [0.5, 0.6) is 17.2 Å². The van der Waals surface area contributed by atoms with Crippen LogP contribution in [0.3, 0.4) is 0 Å². The van der Waals surface area contributed by atoms with Gasteiger partial charge >= 0.3 is 5.97 Å². The molecule has 0 amide bonds. The van der Waals surface area contributed by atoms with E-state index < -0.39 is 5.97 Å². The van der Waals surface area contributed by atoms with Crippen molar-refractivity contribution < 1.29 is 23.7 Å². The quantitative estimate of drug-likeness (QED) is 0.503. The van der Waals surface area contributed by atoms with Crippen LogP contribution in [-0.2, 0) is 11.3 Å². The standard InChI is InChI=1S/C22H25N3O5/c1-4-27-18-11-10-15(12-19(18)28-5-2)14-30-17-9-7-8-16(13-17)20-21(24-25-23-20)22(26)29-6-3/h7-13H,4-6,14H2,1-3H3,(H,23,24,25). The average Bonchev–Trinajstić information content (AvgIpc) is 3.25. The van der Waals surface area contributed by atoms with E-state index in [-0.39, 0.29) is 12.3 Å². The minimum absolute atomic E-state index is 0.141. The van der Waals surface area contributed by atoms with Crippen LogP contribution in [0.2, 0.25) is 0 Å². The molecule has 0 unspecified atom stereocenters. The molecule has 0 spiro atoms. The van der Waals surface area contributed by atoms with E-state index in [0.717, 1.165) is 5.56 Å². The first-order valence-electron chi connectivity index (χ1n) is 9.85. The van der Waals surface area contributed by atoms with E-state index in [2.05, 4.69) is 15.4 Å². The number of nitrogens with zero attached hydrogens (tertiary/aromatic N) is 2. The number of H-pyrrole nitrogens is 1. The molecule has 0 aliphatic carbocycles. The molecule has 3 aromatic rings. The van der Waals surface area contributed by atoms with E-state index in [1.807, 2.05) is 50.2 Å². The van der Waals surface area contributed by atoms with Crippen molar-refractivity contribution in [2.45, 2.75) is 27.4 Å². The molecule has 3 rings (SSSR count). The first kappa shape index (κ1) is 21.2. The highest BCUT2D eigenvalue weighted by Crippen LogP contribution is 2.30. The fraction of sp³-hybridized carbons (Fsp3) is 0.318. The van der Waals surface area contributed by atoms with Crippen molar-refractivity contribution in [2.24, 2.45) is 0 Å². The molecule has 1 N–H and O–H groups in total. The number of carbonyl (C=O) groups excluding carboxylic acids is 1. The lowest BCUT2D eigenvalue weighted by molar-refractivity contribution is 0.0520. The van der Waals surface area contributed by atoms with Gasteiger partial charge in [-0.15, -0.1) is 5.10 Å². The van der Waals surface area contributed by atoms with Gasteiger partial charge in [0.25, 0.3) is 0 Å². The fourth-order valence-corrected chi connectivity index (χ4v) is 2.86. The van der Waals surface area contributed by atoms with E-state index in [4.69, 9.17) is 18.9 Å². The molecule has 8 nitrogen and oxygen atoms in total. The molecule has 0 aliphatic heterocycles. The van der Waals surface area contributed by atoms with Crippen molar-refractivity contribution >= 4 is 5.97 Å². The summed E-state index contributed by atoms with van der Waals surface area (Å²) in [6.45, 7) is 7.33. The lowest BCUT2D eigenvalue weighted by Crippen LogP contribution is -2.06. The van der Waals surface area contributed by atoms with Gasteiger partial charge in [-0.2, -0.15) is 10.3 Å². The first-order valence-corrected chi connectivity index (χ1v) is 9.85. The van der Waals surface area contributed by atoms with Crippen LogP contribution < -0.4 is 14.2 Å². The number of esters is 1. The SMILES string of the molecule is CCOC(=O)c1n[nH]nc1-c1cccc(OCc2ccc(OCC)c(OCC)c2)c1. The number of aromatic nitrogens is 3. The number of nitrogens with one attached hydrogen (secondary N) is 1. The minimum Gasteiger partial charge on any atom is -0.490 e. The second-order valence-corrected chi connectivity index (χ2v) is 6.20. The van der Waals surface area contributed by atoms with Gasteiger partial charge in [-0.3, -0.25) is 0 Å². The summed E-state index contributed by atoms with van der Waals surface area (Å²) >= 11 is 0. The average molecular weight is 411 g/mol. The largest absolute Gasteiger partial charge is 0.490 e. The highest BCUT2D eigenvalue weighted by atomic mass is 16.5. The number of rotatable bonds is 10. The Bertz CT molecular complexity index is 986. The lowest BCUT2D eigenvalue weighted by atomic mass is 10.1. The maximum atomic E-state index is 12.1. The van der Waals surface area contributed by atoms with E-state index in [1.165, 1.54) is 0 Å². The molecule has 0 bridgehead atoms. The molecule has 30 heavy (non-hydrogen) atoms. The van der Waals surface area contributed by atoms with Crippen LogP contribution in [0.25, 0.3) is 11.3 Å². The number of carbonyl (C=O) groups is 1. The Labute approximate surface area is 175 Å². The Kier molecular flexibility index (Phi) is 7.26. The van der Waals surface area contributed by atoms with Crippen molar-refractivity contribution in [1.82, 2.24) is 15.4 Å². The third-order valence-electron chi connectivity index (χ3n) is 4.14. The second kappa shape index (κ2) is 10.3. The summed E-state index contributed by atoms with van der Waals surface area (Å²) in [5.74, 6) is 1.51. The third-order valence-corrected chi connectivity index (χ3v) is 4.14. The number of hydrogen-bond acceptors (Lipinski definition) is 7. The van der Waals surface area contributed by atoms with E-state index in [1.54, 1.807) is 13.0 Å². The van der Waals surface area contributed by atoms with Gasteiger partial charge in [-0.25, -0.2) is 4.79 Å². The van der Waals surface area contributed by atoms with E-state index in [9.17, 15) is 4.79 Å². The fourth-order valence-electron chi connectivity index (χ4n) is 2.86. The van der Waals surface area contributed by atoms with Gasteiger partial charge in [0.1, 0.15) is 18.1 Å². The molecule has 0 radical (unpaired) electrons. The van der Waals surface area contributed by atoms with Crippen molar-refractivity contribution in [3.05, 3.63) is 53.7 Å². The molecule has 0 atom stereocenters. The normalized spacial score (nSPS) is 10.5. The molecule has 1 aromatic heterocycles. The van der Waals surface area contributed by atoms with E-state index in [0.29, 0.717) is 48.3 Å². The van der Waals surface area contributed by atoms with Crippen molar-refractivity contribution in [2.75, 3.05) is 19.8 Å². The van der Waals surface area contributed by atoms with Gasteiger partial charge in [0.15, 0.2) is 17.2 Å². The molecule has 1 heterocycles. The highest BCUT2D eigenvalue weighted by Gasteiger charge is 2.19. The van der Waals surface area contributed by atoms with Crippen molar-refractivity contribution in [1.29, 1.82) is 0 Å². The summed E-state index contributed by atoms with van der Waals surface area (Å²) in [4.78, 5) is 12.1. The summed E-state index contributed by atoms with van der Waals surface area (Å²) in [7, 11) is 0. The maximum Gasteiger partial charge on any atom is 0.361 e. The van der Waals surface area contributed by atoms with Gasteiger partial charge in [0.05, 0.1) is 19.8 Å². The van der Waals surface area contributed by atoms with Crippen molar-refractivity contribution in [3.8, 4) is 28.5 Å². The van der Waals surface area contributed by atoms with Gasteiger partial charge < -0.3 is 18.9 Å². The van der Waals surface area contributed by atoms with Crippen LogP contribution in [0.15, 0.2) is 42.5 Å². The zero-order chi connectivity index (χ0) is 21.3. The molecule has 0 fully saturated rings.